The molecule has 0 aliphatic carbocycles. The average Bonchev–Trinajstić information content (AvgIpc) is 2.73. The van der Waals surface area contributed by atoms with Crippen molar-refractivity contribution in [1.82, 2.24) is 10.2 Å². The van der Waals surface area contributed by atoms with Crippen LogP contribution in [0.25, 0.3) is 0 Å². The van der Waals surface area contributed by atoms with Crippen LogP contribution >= 0.6 is 11.8 Å². The Bertz CT molecular complexity index is 284. The number of carbonyl (C=O) groups is 2. The number of thioether (sulfide) groups is 1. The number of aliphatic carboxylic acids is 1. The Morgan fingerprint density at radius 2 is 2.24 bits per heavy atom. The van der Waals surface area contributed by atoms with Crippen LogP contribution in [0.3, 0.4) is 0 Å². The van der Waals surface area contributed by atoms with Crippen molar-refractivity contribution in [1.29, 1.82) is 0 Å². The number of amides is 2. The van der Waals surface area contributed by atoms with Crippen LogP contribution in [0, 0.1) is 5.92 Å². The maximum atomic E-state index is 11.7. The van der Waals surface area contributed by atoms with Crippen molar-refractivity contribution in [2.45, 2.75) is 25.5 Å². The van der Waals surface area contributed by atoms with E-state index >= 15 is 0 Å². The summed E-state index contributed by atoms with van der Waals surface area (Å²) in [6.07, 6.45) is 0.559. The number of carboxylic acids is 1. The maximum absolute atomic E-state index is 11.7. The van der Waals surface area contributed by atoms with E-state index in [0.29, 0.717) is 31.3 Å². The summed E-state index contributed by atoms with van der Waals surface area (Å²) in [4.78, 5) is 24.0. The van der Waals surface area contributed by atoms with Gasteiger partial charge < -0.3 is 15.3 Å². The standard InChI is InChI=1S/C11H20N2O3S/c1-8(2)17-6-4-12-11(16)13-5-3-9(7-13)10(14)15/h8-9H,3-7H2,1-2H3,(H,12,16)(H,14,15). The predicted octanol–water partition coefficient (Wildman–Crippen LogP) is 1.24. The zero-order chi connectivity index (χ0) is 12.8. The number of carbonyl (C=O) groups excluding carboxylic acids is 1. The van der Waals surface area contributed by atoms with E-state index in [1.165, 1.54) is 0 Å². The molecule has 1 aliphatic rings. The first-order valence-corrected chi connectivity index (χ1v) is 6.92. The number of hydrogen-bond donors (Lipinski definition) is 2. The molecule has 1 aliphatic heterocycles. The van der Waals surface area contributed by atoms with Crippen molar-refractivity contribution < 1.29 is 14.7 Å². The van der Waals surface area contributed by atoms with Crippen molar-refractivity contribution >= 4 is 23.8 Å². The van der Waals surface area contributed by atoms with Crippen LogP contribution in [-0.2, 0) is 4.79 Å². The van der Waals surface area contributed by atoms with Crippen LogP contribution < -0.4 is 5.32 Å². The normalized spacial score (nSPS) is 19.7. The van der Waals surface area contributed by atoms with Crippen LogP contribution in [0.15, 0.2) is 0 Å². The van der Waals surface area contributed by atoms with Gasteiger partial charge in [0.05, 0.1) is 5.92 Å². The van der Waals surface area contributed by atoms with E-state index in [-0.39, 0.29) is 6.03 Å². The number of nitrogens with zero attached hydrogens (tertiary/aromatic N) is 1. The summed E-state index contributed by atoms with van der Waals surface area (Å²) >= 11 is 1.79. The van der Waals surface area contributed by atoms with Gasteiger partial charge in [0, 0.05) is 25.4 Å². The minimum atomic E-state index is -0.810. The number of carboxylic acid groups (broad SMARTS) is 1. The van der Waals surface area contributed by atoms with E-state index in [0.717, 1.165) is 5.75 Å². The molecule has 1 unspecified atom stereocenters. The number of hydrogen-bond acceptors (Lipinski definition) is 3. The SMILES string of the molecule is CC(C)SCCNC(=O)N1CCC(C(=O)O)C1. The van der Waals surface area contributed by atoms with Crippen LogP contribution in [0.2, 0.25) is 0 Å². The lowest BCUT2D eigenvalue weighted by atomic mass is 10.1. The van der Waals surface area contributed by atoms with Crippen LogP contribution in [-0.4, -0.2) is 52.6 Å². The van der Waals surface area contributed by atoms with E-state index in [4.69, 9.17) is 5.11 Å². The van der Waals surface area contributed by atoms with Gasteiger partial charge in [-0.1, -0.05) is 13.8 Å². The predicted molar refractivity (Wildman–Crippen MR) is 68.3 cm³/mol. The minimum absolute atomic E-state index is 0.141. The monoisotopic (exact) mass is 260 g/mol. The molecule has 1 heterocycles. The summed E-state index contributed by atoms with van der Waals surface area (Å²) in [5.41, 5.74) is 0. The second-order valence-corrected chi connectivity index (χ2v) is 6.11. The van der Waals surface area contributed by atoms with Gasteiger partial charge in [0.25, 0.3) is 0 Å². The van der Waals surface area contributed by atoms with Crippen molar-refractivity contribution in [2.24, 2.45) is 5.92 Å². The second kappa shape index (κ2) is 6.74. The molecule has 0 aromatic carbocycles. The number of urea groups is 1. The molecular weight excluding hydrogens is 240 g/mol. The molecule has 1 rings (SSSR count). The third kappa shape index (κ3) is 4.85. The zero-order valence-corrected chi connectivity index (χ0v) is 11.1. The molecule has 0 aromatic rings. The van der Waals surface area contributed by atoms with E-state index in [9.17, 15) is 9.59 Å². The van der Waals surface area contributed by atoms with Gasteiger partial charge in [-0.3, -0.25) is 4.79 Å². The highest BCUT2D eigenvalue weighted by atomic mass is 32.2. The van der Waals surface area contributed by atoms with Gasteiger partial charge in [0.2, 0.25) is 0 Å². The van der Waals surface area contributed by atoms with E-state index in [1.54, 1.807) is 16.7 Å². The highest BCUT2D eigenvalue weighted by Gasteiger charge is 2.30. The maximum Gasteiger partial charge on any atom is 0.317 e. The lowest BCUT2D eigenvalue weighted by Gasteiger charge is -2.16. The number of rotatable bonds is 5. The van der Waals surface area contributed by atoms with Crippen LogP contribution in [0.1, 0.15) is 20.3 Å². The molecule has 0 bridgehead atoms. The molecule has 17 heavy (non-hydrogen) atoms. The molecule has 1 saturated heterocycles. The van der Waals surface area contributed by atoms with Gasteiger partial charge in [-0.05, 0) is 11.7 Å². The lowest BCUT2D eigenvalue weighted by molar-refractivity contribution is -0.141. The minimum Gasteiger partial charge on any atom is -0.481 e. The second-order valence-electron chi connectivity index (χ2n) is 4.42. The Morgan fingerprint density at radius 3 is 2.76 bits per heavy atom. The van der Waals surface area contributed by atoms with E-state index in [1.807, 2.05) is 0 Å². The van der Waals surface area contributed by atoms with E-state index < -0.39 is 11.9 Å². The molecular formula is C11H20N2O3S. The topological polar surface area (TPSA) is 69.6 Å². The molecule has 6 heteroatoms. The molecule has 2 amide bonds. The Kier molecular flexibility index (Phi) is 5.61. The first-order chi connectivity index (χ1) is 8.00. The molecule has 2 N–H and O–H groups in total. The Hall–Kier alpha value is -0.910. The summed E-state index contributed by atoms with van der Waals surface area (Å²) in [5.74, 6) is -0.318. The van der Waals surface area contributed by atoms with Crippen molar-refractivity contribution in [3.8, 4) is 0 Å². The van der Waals surface area contributed by atoms with Crippen molar-refractivity contribution in [3.05, 3.63) is 0 Å². The van der Waals surface area contributed by atoms with Gasteiger partial charge >= 0.3 is 12.0 Å². The number of likely N-dealkylation sites (tertiary alicyclic amines) is 1. The van der Waals surface area contributed by atoms with Gasteiger partial charge in [-0.25, -0.2) is 4.79 Å². The van der Waals surface area contributed by atoms with Gasteiger partial charge in [0.15, 0.2) is 0 Å². The van der Waals surface area contributed by atoms with Crippen molar-refractivity contribution in [3.63, 3.8) is 0 Å². The summed E-state index contributed by atoms with van der Waals surface area (Å²) < 4.78 is 0. The molecule has 0 aromatic heterocycles. The smallest absolute Gasteiger partial charge is 0.317 e. The fraction of sp³-hybridized carbons (Fsp3) is 0.818. The highest BCUT2D eigenvalue weighted by molar-refractivity contribution is 7.99. The molecule has 1 atom stereocenters. The molecule has 1 fully saturated rings. The summed E-state index contributed by atoms with van der Waals surface area (Å²) in [6, 6.07) is -0.141. The highest BCUT2D eigenvalue weighted by Crippen LogP contribution is 2.16. The lowest BCUT2D eigenvalue weighted by Crippen LogP contribution is -2.39. The molecule has 0 saturated carbocycles. The van der Waals surface area contributed by atoms with Crippen LogP contribution in [0.5, 0.6) is 0 Å². The molecule has 98 valence electrons. The third-order valence-corrected chi connectivity index (χ3v) is 3.76. The first kappa shape index (κ1) is 14.2. The molecule has 0 spiro atoms. The summed E-state index contributed by atoms with van der Waals surface area (Å²) in [5, 5.41) is 12.2. The largest absolute Gasteiger partial charge is 0.481 e. The summed E-state index contributed by atoms with van der Waals surface area (Å²) in [7, 11) is 0. The van der Waals surface area contributed by atoms with Crippen LogP contribution in [0.4, 0.5) is 4.79 Å². The van der Waals surface area contributed by atoms with Gasteiger partial charge in [0.1, 0.15) is 0 Å². The molecule has 5 nitrogen and oxygen atoms in total. The average molecular weight is 260 g/mol. The molecule has 0 radical (unpaired) electrons. The Balaban J connectivity index is 2.19. The fourth-order valence-corrected chi connectivity index (χ4v) is 2.40. The van der Waals surface area contributed by atoms with Crippen molar-refractivity contribution in [2.75, 3.05) is 25.4 Å². The summed E-state index contributed by atoms with van der Waals surface area (Å²) in [6.45, 7) is 5.74. The van der Waals surface area contributed by atoms with E-state index in [2.05, 4.69) is 19.2 Å². The quantitative estimate of drug-likeness (QED) is 0.730. The van der Waals surface area contributed by atoms with Gasteiger partial charge in [-0.15, -0.1) is 0 Å². The first-order valence-electron chi connectivity index (χ1n) is 5.88. The number of nitrogens with one attached hydrogen (secondary N) is 1. The Morgan fingerprint density at radius 1 is 1.53 bits per heavy atom. The van der Waals surface area contributed by atoms with Gasteiger partial charge in [-0.2, -0.15) is 11.8 Å². The fourth-order valence-electron chi connectivity index (χ4n) is 1.71. The zero-order valence-electron chi connectivity index (χ0n) is 10.3. The third-order valence-electron chi connectivity index (χ3n) is 2.65. The Labute approximate surface area is 106 Å².